The highest BCUT2D eigenvalue weighted by Gasteiger charge is 2.26. The zero-order valence-electron chi connectivity index (χ0n) is 11.5. The molecule has 6 heteroatoms. The summed E-state index contributed by atoms with van der Waals surface area (Å²) in [6.07, 6.45) is 2.10. The van der Waals surface area contributed by atoms with Gasteiger partial charge in [-0.05, 0) is 31.9 Å². The summed E-state index contributed by atoms with van der Waals surface area (Å²) >= 11 is 0. The maximum Gasteiger partial charge on any atom is 0.194 e. The molecule has 1 aliphatic carbocycles. The zero-order valence-corrected chi connectivity index (χ0v) is 11.5. The second kappa shape index (κ2) is 5.35. The second-order valence-corrected chi connectivity index (χ2v) is 5.06. The molecule has 1 fully saturated rings. The van der Waals surface area contributed by atoms with Crippen molar-refractivity contribution in [2.75, 3.05) is 11.9 Å². The molecular formula is C15H14F3N3. The minimum Gasteiger partial charge on any atom is -0.370 e. The maximum absolute atomic E-state index is 13.4. The number of anilines is 1. The Labute approximate surface area is 120 Å². The minimum atomic E-state index is -1.48. The molecule has 0 atom stereocenters. The van der Waals surface area contributed by atoms with Crippen LogP contribution >= 0.6 is 0 Å². The van der Waals surface area contributed by atoms with Crippen molar-refractivity contribution in [2.45, 2.75) is 25.7 Å². The summed E-state index contributed by atoms with van der Waals surface area (Å²) in [5.74, 6) is -2.78. The van der Waals surface area contributed by atoms with Crippen LogP contribution in [0.2, 0.25) is 0 Å². The number of aromatic nitrogens is 2. The molecule has 0 bridgehead atoms. The molecule has 110 valence electrons. The average Bonchev–Trinajstić information content (AvgIpc) is 3.29. The van der Waals surface area contributed by atoms with Gasteiger partial charge in [0.05, 0.1) is 0 Å². The van der Waals surface area contributed by atoms with Crippen LogP contribution < -0.4 is 5.32 Å². The number of hydrogen-bond acceptors (Lipinski definition) is 3. The molecule has 0 aliphatic heterocycles. The number of rotatable bonds is 4. The molecule has 1 N–H and O–H groups in total. The Balaban J connectivity index is 2.08. The first kappa shape index (κ1) is 13.9. The van der Waals surface area contributed by atoms with Gasteiger partial charge in [-0.25, -0.2) is 23.1 Å². The molecule has 3 nitrogen and oxygen atoms in total. The lowest BCUT2D eigenvalue weighted by atomic mass is 10.1. The molecule has 1 aromatic carbocycles. The average molecular weight is 293 g/mol. The lowest BCUT2D eigenvalue weighted by molar-refractivity contribution is 0.447. The van der Waals surface area contributed by atoms with Crippen molar-refractivity contribution in [2.24, 2.45) is 0 Å². The molecule has 0 radical (unpaired) electrons. The summed E-state index contributed by atoms with van der Waals surface area (Å²) in [5, 5.41) is 3.07. The predicted molar refractivity (Wildman–Crippen MR) is 73.5 cm³/mol. The monoisotopic (exact) mass is 293 g/mol. The molecule has 3 rings (SSSR count). The van der Waals surface area contributed by atoms with Gasteiger partial charge in [0.15, 0.2) is 23.3 Å². The van der Waals surface area contributed by atoms with E-state index in [9.17, 15) is 13.2 Å². The van der Waals surface area contributed by atoms with Crippen molar-refractivity contribution in [1.82, 2.24) is 9.97 Å². The van der Waals surface area contributed by atoms with Crippen LogP contribution in [0.4, 0.5) is 19.0 Å². The first-order chi connectivity index (χ1) is 10.1. The van der Waals surface area contributed by atoms with Gasteiger partial charge < -0.3 is 5.32 Å². The SMILES string of the molecule is CCNc1cc(C2CC2)nc(-c2cc(F)c(F)c(F)c2)n1. The molecular weight excluding hydrogens is 279 g/mol. The van der Waals surface area contributed by atoms with Gasteiger partial charge in [-0.2, -0.15) is 0 Å². The zero-order chi connectivity index (χ0) is 15.0. The normalized spacial score (nSPS) is 14.3. The fourth-order valence-corrected chi connectivity index (χ4v) is 2.14. The number of hydrogen-bond donors (Lipinski definition) is 1. The van der Waals surface area contributed by atoms with Crippen LogP contribution in [-0.2, 0) is 0 Å². The highest BCUT2D eigenvalue weighted by atomic mass is 19.2. The number of nitrogens with one attached hydrogen (secondary N) is 1. The molecule has 0 unspecified atom stereocenters. The third kappa shape index (κ3) is 2.84. The molecule has 1 aliphatic rings. The van der Waals surface area contributed by atoms with E-state index >= 15 is 0 Å². The first-order valence-electron chi connectivity index (χ1n) is 6.86. The van der Waals surface area contributed by atoms with E-state index < -0.39 is 17.5 Å². The fraction of sp³-hybridized carbons (Fsp3) is 0.333. The highest BCUT2D eigenvalue weighted by Crippen LogP contribution is 2.40. The molecule has 0 spiro atoms. The lowest BCUT2D eigenvalue weighted by Crippen LogP contribution is -2.04. The van der Waals surface area contributed by atoms with Crippen LogP contribution in [0.15, 0.2) is 18.2 Å². The van der Waals surface area contributed by atoms with E-state index in [1.165, 1.54) is 0 Å². The molecule has 21 heavy (non-hydrogen) atoms. The van der Waals surface area contributed by atoms with E-state index in [1.54, 1.807) is 0 Å². The summed E-state index contributed by atoms with van der Waals surface area (Å²) in [4.78, 5) is 8.59. The molecule has 2 aromatic rings. The van der Waals surface area contributed by atoms with E-state index in [0.29, 0.717) is 18.3 Å². The van der Waals surface area contributed by atoms with Gasteiger partial charge >= 0.3 is 0 Å². The lowest BCUT2D eigenvalue weighted by Gasteiger charge is -2.09. The van der Waals surface area contributed by atoms with Crippen LogP contribution in [0.3, 0.4) is 0 Å². The van der Waals surface area contributed by atoms with Gasteiger partial charge in [-0.3, -0.25) is 0 Å². The van der Waals surface area contributed by atoms with Crippen LogP contribution in [0, 0.1) is 17.5 Å². The van der Waals surface area contributed by atoms with Crippen molar-refractivity contribution in [3.05, 3.63) is 41.3 Å². The Morgan fingerprint density at radius 1 is 1.10 bits per heavy atom. The van der Waals surface area contributed by atoms with Crippen LogP contribution in [-0.4, -0.2) is 16.5 Å². The van der Waals surface area contributed by atoms with Gasteiger partial charge in [0.25, 0.3) is 0 Å². The first-order valence-corrected chi connectivity index (χ1v) is 6.86. The summed E-state index contributed by atoms with van der Waals surface area (Å²) < 4.78 is 39.8. The molecule has 1 saturated carbocycles. The van der Waals surface area contributed by atoms with Gasteiger partial charge in [-0.15, -0.1) is 0 Å². The van der Waals surface area contributed by atoms with E-state index in [1.807, 2.05) is 13.0 Å². The predicted octanol–water partition coefficient (Wildman–Crippen LogP) is 3.87. The highest BCUT2D eigenvalue weighted by molar-refractivity contribution is 5.58. The van der Waals surface area contributed by atoms with Gasteiger partial charge in [0.2, 0.25) is 0 Å². The van der Waals surface area contributed by atoms with Gasteiger partial charge in [0, 0.05) is 29.8 Å². The quantitative estimate of drug-likeness (QED) is 0.870. The topological polar surface area (TPSA) is 37.8 Å². The third-order valence-corrected chi connectivity index (χ3v) is 3.34. The van der Waals surface area contributed by atoms with Crippen molar-refractivity contribution in [3.63, 3.8) is 0 Å². The Morgan fingerprint density at radius 2 is 1.76 bits per heavy atom. The molecule has 1 aromatic heterocycles. The number of benzene rings is 1. The van der Waals surface area contributed by atoms with E-state index in [-0.39, 0.29) is 11.4 Å². The molecule has 0 saturated heterocycles. The van der Waals surface area contributed by atoms with Crippen LogP contribution in [0.25, 0.3) is 11.4 Å². The Morgan fingerprint density at radius 3 is 2.33 bits per heavy atom. The number of halogens is 3. The van der Waals surface area contributed by atoms with Crippen molar-refractivity contribution >= 4 is 5.82 Å². The van der Waals surface area contributed by atoms with Crippen molar-refractivity contribution in [3.8, 4) is 11.4 Å². The Hall–Kier alpha value is -2.11. The Kier molecular flexibility index (Phi) is 3.53. The Bertz CT molecular complexity index is 661. The van der Waals surface area contributed by atoms with Gasteiger partial charge in [0.1, 0.15) is 5.82 Å². The molecule has 0 amide bonds. The van der Waals surface area contributed by atoms with E-state index in [0.717, 1.165) is 30.7 Å². The summed E-state index contributed by atoms with van der Waals surface area (Å²) in [6.45, 7) is 2.60. The smallest absolute Gasteiger partial charge is 0.194 e. The fourth-order valence-electron chi connectivity index (χ4n) is 2.14. The second-order valence-electron chi connectivity index (χ2n) is 5.06. The number of nitrogens with zero attached hydrogens (tertiary/aromatic N) is 2. The summed E-state index contributed by atoms with van der Waals surface area (Å²) in [6, 6.07) is 3.68. The summed E-state index contributed by atoms with van der Waals surface area (Å²) in [7, 11) is 0. The standard InChI is InChI=1S/C15H14F3N3/c1-2-19-13-7-12(8-3-4-8)20-15(21-13)9-5-10(16)14(18)11(17)6-9/h5-8H,2-4H2,1H3,(H,19,20,21). The van der Waals surface area contributed by atoms with Crippen LogP contribution in [0.5, 0.6) is 0 Å². The van der Waals surface area contributed by atoms with Crippen molar-refractivity contribution in [1.29, 1.82) is 0 Å². The molecule has 1 heterocycles. The minimum absolute atomic E-state index is 0.132. The maximum atomic E-state index is 13.4. The van der Waals surface area contributed by atoms with Crippen LogP contribution in [0.1, 0.15) is 31.4 Å². The van der Waals surface area contributed by atoms with E-state index in [4.69, 9.17) is 0 Å². The largest absolute Gasteiger partial charge is 0.370 e. The van der Waals surface area contributed by atoms with E-state index in [2.05, 4.69) is 15.3 Å². The summed E-state index contributed by atoms with van der Waals surface area (Å²) in [5.41, 5.74) is 0.981. The third-order valence-electron chi connectivity index (χ3n) is 3.34. The van der Waals surface area contributed by atoms with Crippen molar-refractivity contribution < 1.29 is 13.2 Å². The van der Waals surface area contributed by atoms with Gasteiger partial charge in [-0.1, -0.05) is 0 Å².